The van der Waals surface area contributed by atoms with Gasteiger partial charge in [-0.2, -0.15) is 0 Å². The number of hydrogen-bond donors (Lipinski definition) is 2. The average Bonchev–Trinajstić information content (AvgIpc) is 2.95. The molecule has 1 aliphatic heterocycles. The Bertz CT molecular complexity index is 688. The van der Waals surface area contributed by atoms with Crippen LogP contribution in [0.25, 0.3) is 0 Å². The maximum atomic E-state index is 11.5. The Morgan fingerprint density at radius 2 is 1.26 bits per heavy atom. The van der Waals surface area contributed by atoms with Gasteiger partial charge in [0.25, 0.3) is 0 Å². The first-order valence-corrected chi connectivity index (χ1v) is 11.4. The van der Waals surface area contributed by atoms with Crippen LogP contribution in [0.15, 0.2) is 22.8 Å². The van der Waals surface area contributed by atoms with E-state index in [0.717, 1.165) is 38.5 Å². The zero-order valence-electron chi connectivity index (χ0n) is 18.6. The van der Waals surface area contributed by atoms with E-state index in [4.69, 9.17) is 10.2 Å². The molecule has 0 saturated heterocycles. The van der Waals surface area contributed by atoms with Crippen molar-refractivity contribution in [3.05, 3.63) is 22.8 Å². The molecular weight excluding hydrogens is 400 g/mol. The van der Waals surface area contributed by atoms with Gasteiger partial charge in [0.2, 0.25) is 0 Å². The molecule has 0 aromatic carbocycles. The summed E-state index contributed by atoms with van der Waals surface area (Å²) >= 11 is 0. The summed E-state index contributed by atoms with van der Waals surface area (Å²) in [5.41, 5.74) is 0.976. The number of unbranched alkanes of at least 4 members (excludes halogenated alkanes) is 12. The molecule has 0 spiro atoms. The number of cyclic esters (lactones) is 2. The highest BCUT2D eigenvalue weighted by molar-refractivity contribution is 6.11. The van der Waals surface area contributed by atoms with Crippen LogP contribution < -0.4 is 0 Å². The van der Waals surface area contributed by atoms with Crippen molar-refractivity contribution in [1.82, 2.24) is 0 Å². The molecule has 1 aliphatic rings. The molecule has 0 radical (unpaired) electrons. The zero-order valence-corrected chi connectivity index (χ0v) is 18.6. The number of hydrogen-bond acceptors (Lipinski definition) is 5. The second-order valence-electron chi connectivity index (χ2n) is 8.17. The third kappa shape index (κ3) is 11.5. The largest absolute Gasteiger partial charge is 0.481 e. The predicted molar refractivity (Wildman–Crippen MR) is 116 cm³/mol. The van der Waals surface area contributed by atoms with Crippen molar-refractivity contribution in [1.29, 1.82) is 0 Å². The summed E-state index contributed by atoms with van der Waals surface area (Å²) in [6.07, 6.45) is 15.7. The smallest absolute Gasteiger partial charge is 0.342 e. The predicted octanol–water partition coefficient (Wildman–Crippen LogP) is 5.33. The summed E-state index contributed by atoms with van der Waals surface area (Å²) in [7, 11) is 0. The van der Waals surface area contributed by atoms with Crippen LogP contribution in [0.4, 0.5) is 0 Å². The van der Waals surface area contributed by atoms with E-state index in [9.17, 15) is 19.2 Å². The Balaban J connectivity index is 1.91. The van der Waals surface area contributed by atoms with E-state index in [2.05, 4.69) is 4.74 Å². The molecule has 0 aromatic rings. The van der Waals surface area contributed by atoms with Crippen LogP contribution in [-0.2, 0) is 23.9 Å². The summed E-state index contributed by atoms with van der Waals surface area (Å²) in [6.45, 7) is 1.65. The minimum atomic E-state index is -1.15. The molecule has 31 heavy (non-hydrogen) atoms. The van der Waals surface area contributed by atoms with Crippen molar-refractivity contribution in [2.45, 2.75) is 103 Å². The third-order valence-corrected chi connectivity index (χ3v) is 5.58. The molecule has 7 nitrogen and oxygen atoms in total. The number of carbonyl (C=O) groups excluding carboxylic acids is 2. The second-order valence-corrected chi connectivity index (χ2v) is 8.17. The number of rotatable bonds is 18. The van der Waals surface area contributed by atoms with Gasteiger partial charge in [0.1, 0.15) is 0 Å². The molecule has 1 rings (SSSR count). The average molecular weight is 437 g/mol. The normalized spacial score (nSPS) is 14.3. The molecule has 0 bridgehead atoms. The number of carboxylic acid groups (broad SMARTS) is 2. The molecule has 1 heterocycles. The molecule has 174 valence electrons. The number of allylic oxidation sites excluding steroid dienone is 1. The highest BCUT2D eigenvalue weighted by Gasteiger charge is 2.28. The molecule has 0 unspecified atom stereocenters. The summed E-state index contributed by atoms with van der Waals surface area (Å²) in [4.78, 5) is 44.3. The van der Waals surface area contributed by atoms with E-state index < -0.39 is 30.3 Å². The van der Waals surface area contributed by atoms with Crippen LogP contribution in [0.5, 0.6) is 0 Å². The topological polar surface area (TPSA) is 118 Å². The van der Waals surface area contributed by atoms with Gasteiger partial charge in [-0.05, 0) is 32.6 Å². The van der Waals surface area contributed by atoms with Crippen molar-refractivity contribution in [2.24, 2.45) is 0 Å². The summed E-state index contributed by atoms with van der Waals surface area (Å²) in [5.74, 6) is -3.23. The summed E-state index contributed by atoms with van der Waals surface area (Å²) < 4.78 is 4.59. The van der Waals surface area contributed by atoms with Crippen molar-refractivity contribution < 1.29 is 34.1 Å². The van der Waals surface area contributed by atoms with Gasteiger partial charge in [-0.1, -0.05) is 70.3 Å². The number of carboxylic acids is 2. The summed E-state index contributed by atoms with van der Waals surface area (Å²) in [6, 6.07) is 0. The van der Waals surface area contributed by atoms with Crippen molar-refractivity contribution in [2.75, 3.05) is 0 Å². The number of ether oxygens (including phenoxy) is 1. The van der Waals surface area contributed by atoms with Gasteiger partial charge in [-0.15, -0.1) is 0 Å². The van der Waals surface area contributed by atoms with Gasteiger partial charge in [0, 0.05) is 16.7 Å². The van der Waals surface area contributed by atoms with Crippen LogP contribution in [0.2, 0.25) is 0 Å². The zero-order chi connectivity index (χ0) is 23.1. The minimum absolute atomic E-state index is 0.0316. The Kier molecular flexibility index (Phi) is 13.2. The highest BCUT2D eigenvalue weighted by Crippen LogP contribution is 2.22. The molecule has 2 N–H and O–H groups in total. The number of esters is 2. The van der Waals surface area contributed by atoms with Crippen molar-refractivity contribution in [3.63, 3.8) is 0 Å². The number of carbonyl (C=O) groups is 4. The second kappa shape index (κ2) is 15.4. The van der Waals surface area contributed by atoms with Gasteiger partial charge in [0.05, 0.1) is 6.42 Å². The Hall–Kier alpha value is -2.44. The van der Waals surface area contributed by atoms with E-state index in [0.29, 0.717) is 24.0 Å². The Morgan fingerprint density at radius 3 is 1.68 bits per heavy atom. The maximum Gasteiger partial charge on any atom is 0.342 e. The molecule has 0 aliphatic carbocycles. The molecule has 7 heteroatoms. The van der Waals surface area contributed by atoms with Gasteiger partial charge < -0.3 is 14.9 Å². The maximum absolute atomic E-state index is 11.5. The van der Waals surface area contributed by atoms with Crippen LogP contribution in [-0.4, -0.2) is 34.1 Å². The van der Waals surface area contributed by atoms with E-state index in [1.165, 1.54) is 44.6 Å². The Labute approximate surface area is 184 Å². The van der Waals surface area contributed by atoms with Crippen LogP contribution in [0.3, 0.4) is 0 Å². The number of aliphatic carboxylic acids is 2. The third-order valence-electron chi connectivity index (χ3n) is 5.58. The fourth-order valence-corrected chi connectivity index (χ4v) is 3.68. The molecule has 0 amide bonds. The lowest BCUT2D eigenvalue weighted by molar-refractivity contribution is -0.151. The highest BCUT2D eigenvalue weighted by atomic mass is 16.6. The first-order valence-electron chi connectivity index (χ1n) is 11.4. The lowest BCUT2D eigenvalue weighted by Gasteiger charge is -2.03. The first-order chi connectivity index (χ1) is 14.8. The fraction of sp³-hybridized carbons (Fsp3) is 0.667. The lowest BCUT2D eigenvalue weighted by atomic mass is 10.0. The standard InChI is InChI=1S/C24H36O7/c1-18-20(24(30)31-23(18)29)16-14-12-10-8-6-4-2-3-5-7-9-11-13-15-19(22(27)28)17-21(25)26/h15H,2-14,16-17H2,1H3,(H,25,26)(H,27,28). The van der Waals surface area contributed by atoms with E-state index in [-0.39, 0.29) is 5.57 Å². The van der Waals surface area contributed by atoms with Crippen molar-refractivity contribution >= 4 is 23.9 Å². The quantitative estimate of drug-likeness (QED) is 0.129. The van der Waals surface area contributed by atoms with Gasteiger partial charge >= 0.3 is 23.9 Å². The first kappa shape index (κ1) is 26.6. The van der Waals surface area contributed by atoms with Gasteiger partial charge in [0.15, 0.2) is 0 Å². The summed E-state index contributed by atoms with van der Waals surface area (Å²) in [5, 5.41) is 17.6. The monoisotopic (exact) mass is 436 g/mol. The minimum Gasteiger partial charge on any atom is -0.481 e. The van der Waals surface area contributed by atoms with E-state index in [1.807, 2.05) is 0 Å². The van der Waals surface area contributed by atoms with Gasteiger partial charge in [-0.25, -0.2) is 14.4 Å². The molecule has 0 saturated carbocycles. The SMILES string of the molecule is CC1=C(CCCCCCCCCCCCCCC=C(CC(=O)O)C(=O)O)C(=O)OC1=O. The lowest BCUT2D eigenvalue weighted by Crippen LogP contribution is -2.06. The van der Waals surface area contributed by atoms with Crippen LogP contribution >= 0.6 is 0 Å². The van der Waals surface area contributed by atoms with Crippen molar-refractivity contribution in [3.8, 4) is 0 Å². The molecule has 0 fully saturated rings. The molecule has 0 aromatic heterocycles. The molecule has 0 atom stereocenters. The van der Waals surface area contributed by atoms with Gasteiger partial charge in [-0.3, -0.25) is 4.79 Å². The Morgan fingerprint density at radius 1 is 0.774 bits per heavy atom. The fourth-order valence-electron chi connectivity index (χ4n) is 3.68. The van der Waals surface area contributed by atoms with Crippen LogP contribution in [0.1, 0.15) is 103 Å². The van der Waals surface area contributed by atoms with E-state index >= 15 is 0 Å². The van der Waals surface area contributed by atoms with E-state index in [1.54, 1.807) is 6.92 Å². The van der Waals surface area contributed by atoms with Crippen LogP contribution in [0, 0.1) is 0 Å². The molecular formula is C24H36O7.